The lowest BCUT2D eigenvalue weighted by Crippen LogP contribution is -2.43. The highest BCUT2D eigenvalue weighted by Gasteiger charge is 2.23. The van der Waals surface area contributed by atoms with Crippen molar-refractivity contribution in [1.29, 1.82) is 0 Å². The number of nitrogens with zero attached hydrogens (tertiary/aromatic N) is 3. The number of aliphatic imine (C=N–C) groups is 1. The van der Waals surface area contributed by atoms with Crippen molar-refractivity contribution in [2.45, 2.75) is 12.5 Å². The molecule has 1 aliphatic rings. The summed E-state index contributed by atoms with van der Waals surface area (Å²) in [6, 6.07) is 13.3. The third-order valence-corrected chi connectivity index (χ3v) is 5.28. The number of para-hydroxylation sites is 1. The summed E-state index contributed by atoms with van der Waals surface area (Å²) < 4.78 is 0. The number of hydrogen-bond acceptors (Lipinski definition) is 3. The molecule has 1 aliphatic heterocycles. The minimum atomic E-state index is 0.351. The second-order valence-corrected chi connectivity index (χ2v) is 6.93. The minimum absolute atomic E-state index is 0.351. The van der Waals surface area contributed by atoms with Crippen LogP contribution >= 0.6 is 11.3 Å². The van der Waals surface area contributed by atoms with E-state index in [-0.39, 0.29) is 0 Å². The van der Waals surface area contributed by atoms with E-state index in [9.17, 15) is 0 Å². The lowest BCUT2D eigenvalue weighted by atomic mass is 10.2. The maximum absolute atomic E-state index is 4.50. The molecule has 5 heteroatoms. The fourth-order valence-electron chi connectivity index (χ4n) is 3.06. The fraction of sp³-hybridized carbons (Fsp3) is 0.389. The molecule has 0 saturated carbocycles. The van der Waals surface area contributed by atoms with E-state index in [0.717, 1.165) is 25.5 Å². The molecule has 1 aromatic carbocycles. The topological polar surface area (TPSA) is 30.9 Å². The molecule has 0 fully saturated rings. The van der Waals surface area contributed by atoms with Crippen LogP contribution in [0.15, 0.2) is 46.8 Å². The zero-order valence-electron chi connectivity index (χ0n) is 14.0. The highest BCUT2D eigenvalue weighted by Crippen LogP contribution is 2.28. The predicted octanol–water partition coefficient (Wildman–Crippen LogP) is 2.99. The number of likely N-dealkylation sites (N-methyl/N-ethyl adjacent to an activating group) is 1. The van der Waals surface area contributed by atoms with Crippen molar-refractivity contribution in [2.24, 2.45) is 4.99 Å². The number of rotatable bonds is 4. The van der Waals surface area contributed by atoms with Crippen molar-refractivity contribution >= 4 is 23.0 Å². The van der Waals surface area contributed by atoms with Crippen molar-refractivity contribution in [2.75, 3.05) is 39.1 Å². The molecule has 3 rings (SSSR count). The molecule has 4 nitrogen and oxygen atoms in total. The van der Waals surface area contributed by atoms with Gasteiger partial charge in [0.05, 0.1) is 6.04 Å². The van der Waals surface area contributed by atoms with E-state index in [1.165, 1.54) is 16.1 Å². The maximum atomic E-state index is 4.50. The van der Waals surface area contributed by atoms with E-state index < -0.39 is 0 Å². The second-order valence-electron chi connectivity index (χ2n) is 5.95. The summed E-state index contributed by atoms with van der Waals surface area (Å²) in [5.74, 6) is 0.957. The van der Waals surface area contributed by atoms with Crippen LogP contribution in [0, 0.1) is 0 Å². The van der Waals surface area contributed by atoms with E-state index >= 15 is 0 Å². The smallest absolute Gasteiger partial charge is 0.198 e. The average molecular weight is 328 g/mol. The van der Waals surface area contributed by atoms with Gasteiger partial charge in [0.15, 0.2) is 5.96 Å². The van der Waals surface area contributed by atoms with Gasteiger partial charge in [0.25, 0.3) is 0 Å². The Morgan fingerprint density at radius 1 is 1.30 bits per heavy atom. The molecule has 0 aliphatic carbocycles. The summed E-state index contributed by atoms with van der Waals surface area (Å²) in [5.41, 5.74) is 2.68. The normalized spacial score (nSPS) is 15.8. The van der Waals surface area contributed by atoms with Crippen molar-refractivity contribution in [3.63, 3.8) is 0 Å². The van der Waals surface area contributed by atoms with Gasteiger partial charge >= 0.3 is 0 Å². The first-order valence-corrected chi connectivity index (χ1v) is 8.84. The van der Waals surface area contributed by atoms with Gasteiger partial charge in [-0.15, -0.1) is 11.3 Å². The molecule has 122 valence electrons. The Labute approximate surface area is 142 Å². The van der Waals surface area contributed by atoms with Crippen molar-refractivity contribution in [1.82, 2.24) is 10.2 Å². The lowest BCUT2D eigenvalue weighted by Gasteiger charge is -2.27. The third-order valence-electron chi connectivity index (χ3n) is 4.30. The molecule has 2 heterocycles. The Balaban J connectivity index is 1.71. The lowest BCUT2D eigenvalue weighted by molar-refractivity contribution is 0.302. The van der Waals surface area contributed by atoms with E-state index in [0.29, 0.717) is 6.04 Å². The van der Waals surface area contributed by atoms with Gasteiger partial charge in [0.1, 0.15) is 0 Å². The van der Waals surface area contributed by atoms with E-state index in [1.54, 1.807) is 11.3 Å². The molecule has 1 unspecified atom stereocenters. The van der Waals surface area contributed by atoms with Gasteiger partial charge in [-0.25, -0.2) is 0 Å². The number of hydrogen-bond donors (Lipinski definition) is 1. The van der Waals surface area contributed by atoms with E-state index in [1.807, 2.05) is 7.05 Å². The quantitative estimate of drug-likeness (QED) is 0.691. The van der Waals surface area contributed by atoms with Crippen LogP contribution in [-0.2, 0) is 6.42 Å². The van der Waals surface area contributed by atoms with Crippen LogP contribution < -0.4 is 10.2 Å². The molecule has 23 heavy (non-hydrogen) atoms. The summed E-state index contributed by atoms with van der Waals surface area (Å²) in [4.78, 5) is 10.4. The molecule has 0 amide bonds. The van der Waals surface area contributed by atoms with Gasteiger partial charge in [-0.1, -0.05) is 24.3 Å². The summed E-state index contributed by atoms with van der Waals surface area (Å²) in [7, 11) is 6.11. The summed E-state index contributed by atoms with van der Waals surface area (Å²) in [5, 5.41) is 5.70. The molecule has 0 bridgehead atoms. The van der Waals surface area contributed by atoms with Gasteiger partial charge in [-0.3, -0.25) is 4.99 Å². The van der Waals surface area contributed by atoms with Crippen LogP contribution in [0.25, 0.3) is 0 Å². The van der Waals surface area contributed by atoms with Gasteiger partial charge in [-0.2, -0.15) is 0 Å². The van der Waals surface area contributed by atoms with Gasteiger partial charge < -0.3 is 15.1 Å². The molecular formula is C18H24N4S. The number of fused-ring (bicyclic) bond motifs is 1. The number of anilines is 1. The second kappa shape index (κ2) is 7.15. The molecule has 1 atom stereocenters. The Morgan fingerprint density at radius 3 is 2.83 bits per heavy atom. The van der Waals surface area contributed by atoms with Crippen molar-refractivity contribution in [3.05, 3.63) is 52.2 Å². The summed E-state index contributed by atoms with van der Waals surface area (Å²) >= 11 is 1.80. The highest BCUT2D eigenvalue weighted by atomic mass is 32.1. The maximum Gasteiger partial charge on any atom is 0.198 e. The SMILES string of the molecule is CN=C(NCC(c1cccs1)N(C)C)N1CCc2ccccc21. The zero-order valence-corrected chi connectivity index (χ0v) is 14.8. The molecule has 0 radical (unpaired) electrons. The standard InChI is InChI=1S/C18H24N4S/c1-19-18(22-11-10-14-7-4-5-8-15(14)22)20-13-16(21(2)3)17-9-6-12-23-17/h4-9,12,16H,10-11,13H2,1-3H3,(H,19,20). The van der Waals surface area contributed by atoms with Crippen LogP contribution in [0.5, 0.6) is 0 Å². The van der Waals surface area contributed by atoms with Crippen LogP contribution in [0.1, 0.15) is 16.5 Å². The largest absolute Gasteiger partial charge is 0.354 e. The van der Waals surface area contributed by atoms with Crippen LogP contribution in [0.3, 0.4) is 0 Å². The monoisotopic (exact) mass is 328 g/mol. The molecule has 0 spiro atoms. The average Bonchev–Trinajstić information content (AvgIpc) is 3.21. The van der Waals surface area contributed by atoms with Crippen LogP contribution in [0.2, 0.25) is 0 Å². The predicted molar refractivity (Wildman–Crippen MR) is 99.6 cm³/mol. The van der Waals surface area contributed by atoms with Gasteiger partial charge in [-0.05, 0) is 43.6 Å². The Bertz CT molecular complexity index is 663. The van der Waals surface area contributed by atoms with Gasteiger partial charge in [0.2, 0.25) is 0 Å². The van der Waals surface area contributed by atoms with Crippen LogP contribution in [-0.4, -0.2) is 45.1 Å². The van der Waals surface area contributed by atoms with Crippen molar-refractivity contribution < 1.29 is 0 Å². The zero-order chi connectivity index (χ0) is 16.2. The Morgan fingerprint density at radius 2 is 2.13 bits per heavy atom. The fourth-order valence-corrected chi connectivity index (χ4v) is 3.98. The molecule has 1 aromatic heterocycles. The first-order valence-electron chi connectivity index (χ1n) is 7.96. The minimum Gasteiger partial charge on any atom is -0.354 e. The number of guanidine groups is 1. The number of benzene rings is 1. The molecular weight excluding hydrogens is 304 g/mol. The van der Waals surface area contributed by atoms with Crippen molar-refractivity contribution in [3.8, 4) is 0 Å². The Hall–Kier alpha value is -1.85. The molecule has 0 saturated heterocycles. The first kappa shape index (κ1) is 16.0. The summed E-state index contributed by atoms with van der Waals surface area (Å²) in [6.07, 6.45) is 1.08. The highest BCUT2D eigenvalue weighted by molar-refractivity contribution is 7.10. The first-order chi connectivity index (χ1) is 11.2. The number of thiophene rings is 1. The van der Waals surface area contributed by atoms with Crippen LogP contribution in [0.4, 0.5) is 5.69 Å². The molecule has 1 N–H and O–H groups in total. The van der Waals surface area contributed by atoms with E-state index in [2.05, 4.69) is 76.0 Å². The Kier molecular flexibility index (Phi) is 4.98. The molecule has 2 aromatic rings. The third kappa shape index (κ3) is 3.41. The summed E-state index contributed by atoms with van der Waals surface area (Å²) in [6.45, 7) is 1.84. The number of nitrogens with one attached hydrogen (secondary N) is 1. The van der Waals surface area contributed by atoms with Gasteiger partial charge in [0, 0.05) is 30.7 Å². The van der Waals surface area contributed by atoms with E-state index in [4.69, 9.17) is 0 Å².